The van der Waals surface area contributed by atoms with E-state index in [-0.39, 0.29) is 9.79 Å². The highest BCUT2D eigenvalue weighted by Crippen LogP contribution is 2.17. The second-order valence-corrected chi connectivity index (χ2v) is 7.96. The number of hydrogen-bond acceptors (Lipinski definition) is 5. The minimum atomic E-state index is -3.94. The van der Waals surface area contributed by atoms with E-state index in [4.69, 9.17) is 5.11 Å². The van der Waals surface area contributed by atoms with Gasteiger partial charge in [-0.2, -0.15) is 4.31 Å². The van der Waals surface area contributed by atoms with Gasteiger partial charge in [0.15, 0.2) is 9.84 Å². The summed E-state index contributed by atoms with van der Waals surface area (Å²) in [4.78, 5) is 10.3. The third-order valence-electron chi connectivity index (χ3n) is 2.32. The van der Waals surface area contributed by atoms with Gasteiger partial charge in [0.05, 0.1) is 9.79 Å². The minimum absolute atomic E-state index is 0.00709. The third-order valence-corrected chi connectivity index (χ3v) is 5.26. The summed E-state index contributed by atoms with van der Waals surface area (Å²) in [6.45, 7) is -0.670. The summed E-state index contributed by atoms with van der Waals surface area (Å²) in [6.07, 6.45) is 1.01. The van der Waals surface area contributed by atoms with Crippen LogP contribution in [0.1, 0.15) is 0 Å². The zero-order valence-electron chi connectivity index (χ0n) is 10.3. The van der Waals surface area contributed by atoms with Crippen molar-refractivity contribution in [2.45, 2.75) is 9.79 Å². The smallest absolute Gasteiger partial charge is 0.318 e. The van der Waals surface area contributed by atoms with Crippen molar-refractivity contribution in [1.82, 2.24) is 4.31 Å². The standard InChI is InChI=1S/C10H13NO6S2/c1-11(7-10(12)13)19(16,17)9-5-3-8(4-6-9)18(2,14)15/h3-6H,7H2,1-2H3,(H,12,13). The molecule has 1 aromatic rings. The van der Waals surface area contributed by atoms with E-state index in [0.29, 0.717) is 4.31 Å². The van der Waals surface area contributed by atoms with Crippen LogP contribution in [0.3, 0.4) is 0 Å². The second kappa shape index (κ2) is 5.27. The Labute approximate surface area is 111 Å². The lowest BCUT2D eigenvalue weighted by Gasteiger charge is -2.14. The van der Waals surface area contributed by atoms with Crippen molar-refractivity contribution in [2.24, 2.45) is 0 Å². The third kappa shape index (κ3) is 3.75. The molecule has 9 heteroatoms. The van der Waals surface area contributed by atoms with Gasteiger partial charge in [0, 0.05) is 13.3 Å². The average Bonchev–Trinajstić information content (AvgIpc) is 2.27. The van der Waals surface area contributed by atoms with Crippen LogP contribution in [0.4, 0.5) is 0 Å². The summed E-state index contributed by atoms with van der Waals surface area (Å²) >= 11 is 0. The lowest BCUT2D eigenvalue weighted by Crippen LogP contribution is -2.32. The normalized spacial score (nSPS) is 12.6. The van der Waals surface area contributed by atoms with Crippen LogP contribution < -0.4 is 0 Å². The Morgan fingerprint density at radius 1 is 1.11 bits per heavy atom. The first-order chi connectivity index (χ1) is 8.55. The fourth-order valence-electron chi connectivity index (χ4n) is 1.31. The summed E-state index contributed by atoms with van der Waals surface area (Å²) in [6, 6.07) is 4.59. The maximum atomic E-state index is 11.9. The van der Waals surface area contributed by atoms with E-state index in [1.807, 2.05) is 0 Å². The zero-order valence-corrected chi connectivity index (χ0v) is 11.9. The van der Waals surface area contributed by atoms with Gasteiger partial charge in [-0.05, 0) is 24.3 Å². The Hall–Kier alpha value is -1.45. The van der Waals surface area contributed by atoms with Gasteiger partial charge in [-0.25, -0.2) is 16.8 Å². The van der Waals surface area contributed by atoms with Crippen LogP contribution in [-0.4, -0.2) is 52.1 Å². The monoisotopic (exact) mass is 307 g/mol. The highest BCUT2D eigenvalue weighted by molar-refractivity contribution is 7.90. The molecule has 106 valence electrons. The molecule has 0 amide bonds. The van der Waals surface area contributed by atoms with Gasteiger partial charge < -0.3 is 5.11 Å². The van der Waals surface area contributed by atoms with E-state index in [0.717, 1.165) is 37.6 Å². The molecule has 0 bridgehead atoms. The van der Waals surface area contributed by atoms with Crippen LogP contribution in [0.5, 0.6) is 0 Å². The van der Waals surface area contributed by atoms with Gasteiger partial charge in [-0.1, -0.05) is 0 Å². The maximum absolute atomic E-state index is 11.9. The molecular formula is C10H13NO6S2. The van der Waals surface area contributed by atoms with E-state index in [1.165, 1.54) is 0 Å². The highest BCUT2D eigenvalue weighted by atomic mass is 32.2. The predicted octanol–water partition coefficient (Wildman–Crippen LogP) is -0.205. The van der Waals surface area contributed by atoms with Gasteiger partial charge in [-0.15, -0.1) is 0 Å². The lowest BCUT2D eigenvalue weighted by atomic mass is 10.4. The van der Waals surface area contributed by atoms with Crippen LogP contribution in [0.2, 0.25) is 0 Å². The summed E-state index contributed by atoms with van der Waals surface area (Å²) in [7, 11) is -6.21. The largest absolute Gasteiger partial charge is 0.480 e. The van der Waals surface area contributed by atoms with Crippen LogP contribution in [-0.2, 0) is 24.7 Å². The van der Waals surface area contributed by atoms with Gasteiger partial charge in [0.2, 0.25) is 10.0 Å². The molecule has 19 heavy (non-hydrogen) atoms. The van der Waals surface area contributed by atoms with Crippen LogP contribution in [0.25, 0.3) is 0 Å². The number of carbonyl (C=O) groups is 1. The van der Waals surface area contributed by atoms with E-state index in [1.54, 1.807) is 0 Å². The SMILES string of the molecule is CN(CC(=O)O)S(=O)(=O)c1ccc(S(C)(=O)=O)cc1. The Bertz CT molecular complexity index is 675. The van der Waals surface area contributed by atoms with E-state index < -0.39 is 32.4 Å². The first-order valence-corrected chi connectivity index (χ1v) is 8.36. The molecule has 0 spiro atoms. The molecule has 1 rings (SSSR count). The van der Waals surface area contributed by atoms with Crippen molar-refractivity contribution in [3.63, 3.8) is 0 Å². The fourth-order valence-corrected chi connectivity index (χ4v) is 3.06. The molecule has 1 N–H and O–H groups in total. The number of carboxylic acid groups (broad SMARTS) is 1. The number of benzene rings is 1. The molecule has 7 nitrogen and oxygen atoms in total. The summed E-state index contributed by atoms with van der Waals surface area (Å²) in [5.41, 5.74) is 0. The van der Waals surface area contributed by atoms with Crippen LogP contribution in [0, 0.1) is 0 Å². The zero-order chi connectivity index (χ0) is 14.8. The summed E-state index contributed by atoms with van der Waals surface area (Å²) < 4.78 is 47.0. The van der Waals surface area contributed by atoms with Gasteiger partial charge >= 0.3 is 5.97 Å². The maximum Gasteiger partial charge on any atom is 0.318 e. The van der Waals surface area contributed by atoms with E-state index in [2.05, 4.69) is 0 Å². The van der Waals surface area contributed by atoms with Gasteiger partial charge in [0.1, 0.15) is 6.54 Å². The Morgan fingerprint density at radius 3 is 1.89 bits per heavy atom. The number of nitrogens with zero attached hydrogens (tertiary/aromatic N) is 1. The van der Waals surface area contributed by atoms with Crippen molar-refractivity contribution >= 4 is 25.8 Å². The first-order valence-electron chi connectivity index (χ1n) is 5.03. The number of rotatable bonds is 5. The molecule has 0 unspecified atom stereocenters. The number of sulfone groups is 1. The van der Waals surface area contributed by atoms with Crippen molar-refractivity contribution < 1.29 is 26.7 Å². The first kappa shape index (κ1) is 15.6. The Balaban J connectivity index is 3.14. The molecule has 0 aliphatic carbocycles. The number of aliphatic carboxylic acids is 1. The second-order valence-electron chi connectivity index (χ2n) is 3.90. The van der Waals surface area contributed by atoms with Gasteiger partial charge in [-0.3, -0.25) is 4.79 Å². The quantitative estimate of drug-likeness (QED) is 0.806. The van der Waals surface area contributed by atoms with Crippen molar-refractivity contribution in [2.75, 3.05) is 19.8 Å². The average molecular weight is 307 g/mol. The molecule has 0 aromatic heterocycles. The van der Waals surface area contributed by atoms with Gasteiger partial charge in [0.25, 0.3) is 0 Å². The number of likely N-dealkylation sites (N-methyl/N-ethyl adjacent to an activating group) is 1. The summed E-state index contributed by atoms with van der Waals surface area (Å²) in [5, 5.41) is 8.56. The molecule has 0 fully saturated rings. The predicted molar refractivity (Wildman–Crippen MR) is 67.0 cm³/mol. The number of sulfonamides is 1. The molecule has 0 radical (unpaired) electrons. The summed E-state index contributed by atoms with van der Waals surface area (Å²) in [5.74, 6) is -1.28. The van der Waals surface area contributed by atoms with Crippen LogP contribution in [0.15, 0.2) is 34.1 Å². The molecule has 0 atom stereocenters. The minimum Gasteiger partial charge on any atom is -0.480 e. The van der Waals surface area contributed by atoms with E-state index >= 15 is 0 Å². The molecule has 0 aliphatic heterocycles. The number of hydrogen-bond donors (Lipinski definition) is 1. The molecule has 0 saturated heterocycles. The van der Waals surface area contributed by atoms with Crippen molar-refractivity contribution in [1.29, 1.82) is 0 Å². The molecule has 0 aliphatic rings. The molecule has 0 saturated carbocycles. The highest BCUT2D eigenvalue weighted by Gasteiger charge is 2.23. The van der Waals surface area contributed by atoms with Crippen molar-refractivity contribution in [3.8, 4) is 0 Å². The molecule has 0 heterocycles. The number of carboxylic acids is 1. The Morgan fingerprint density at radius 2 is 1.53 bits per heavy atom. The van der Waals surface area contributed by atoms with Crippen molar-refractivity contribution in [3.05, 3.63) is 24.3 Å². The molecule has 1 aromatic carbocycles. The van der Waals surface area contributed by atoms with E-state index in [9.17, 15) is 21.6 Å². The lowest BCUT2D eigenvalue weighted by molar-refractivity contribution is -0.137. The Kier molecular flexibility index (Phi) is 4.33. The molecular weight excluding hydrogens is 294 g/mol. The van der Waals surface area contributed by atoms with Crippen LogP contribution >= 0.6 is 0 Å². The topological polar surface area (TPSA) is 109 Å². The fraction of sp³-hybridized carbons (Fsp3) is 0.300.